The predicted octanol–water partition coefficient (Wildman–Crippen LogP) is 3.28. The molecule has 3 heterocycles. The highest BCUT2D eigenvalue weighted by atomic mass is 127. The Bertz CT molecular complexity index is 1520. The van der Waals surface area contributed by atoms with Gasteiger partial charge in [-0.15, -0.1) is 0 Å². The van der Waals surface area contributed by atoms with Gasteiger partial charge in [0.05, 0.1) is 24.3 Å². The van der Waals surface area contributed by atoms with E-state index < -0.39 is 5.97 Å². The normalized spacial score (nSPS) is 14.9. The van der Waals surface area contributed by atoms with E-state index in [0.717, 1.165) is 36.4 Å². The van der Waals surface area contributed by atoms with Crippen molar-refractivity contribution in [3.8, 4) is 5.69 Å². The lowest BCUT2D eigenvalue weighted by molar-refractivity contribution is -0.553. The second-order valence-electron chi connectivity index (χ2n) is 9.67. The number of anilines is 2. The van der Waals surface area contributed by atoms with Gasteiger partial charge in [0.1, 0.15) is 11.2 Å². The van der Waals surface area contributed by atoms with Crippen LogP contribution in [0.15, 0.2) is 88.8 Å². The smallest absolute Gasteiger partial charge is 0.303 e. The molecule has 0 atom stereocenters. The molecule has 2 aliphatic rings. The number of aromatic nitrogens is 1. The van der Waals surface area contributed by atoms with E-state index in [4.69, 9.17) is 0 Å². The van der Waals surface area contributed by atoms with Crippen LogP contribution >= 0.6 is 11.8 Å². The number of para-hydroxylation sites is 3. The molecular formula is C31H30IN3O2S. The number of carbonyl (C=O) groups is 1. The van der Waals surface area contributed by atoms with Crippen LogP contribution in [-0.4, -0.2) is 31.2 Å². The van der Waals surface area contributed by atoms with Gasteiger partial charge in [-0.3, -0.25) is 9.69 Å². The highest BCUT2D eigenvalue weighted by molar-refractivity contribution is 8.03. The minimum absolute atomic E-state index is 0. The van der Waals surface area contributed by atoms with E-state index in [1.807, 2.05) is 17.8 Å². The molecule has 0 aliphatic carbocycles. The number of thioether (sulfide) groups is 1. The van der Waals surface area contributed by atoms with E-state index >= 15 is 0 Å². The zero-order chi connectivity index (χ0) is 25.4. The van der Waals surface area contributed by atoms with Crippen LogP contribution in [0.5, 0.6) is 0 Å². The highest BCUT2D eigenvalue weighted by Gasteiger charge is 2.31. The second kappa shape index (κ2) is 11.4. The first kappa shape index (κ1) is 26.6. The molecule has 5 nitrogen and oxygen atoms in total. The molecule has 1 N–H and O–H groups in total. The number of hydrogen-bond acceptors (Lipinski definition) is 4. The first-order chi connectivity index (χ1) is 18.1. The standard InChI is InChI=1S/C31H29N3O2S.HI/c1-32(18-9-17-30(35)36)28-20-23(21-29-33-19-8-11-22-10-7-16-27(37-29)31(22)33)25-14-5-6-15-26(25)34(28)24-12-3-2-4-13-24;/h2-7,10,12-16,20-21H,8-9,11,17-19H2,1H3;1H. The van der Waals surface area contributed by atoms with Crippen molar-refractivity contribution in [1.82, 2.24) is 0 Å². The average molecular weight is 636 g/mol. The van der Waals surface area contributed by atoms with Gasteiger partial charge in [0.15, 0.2) is 0 Å². The Morgan fingerprint density at radius 3 is 2.68 bits per heavy atom. The van der Waals surface area contributed by atoms with Crippen molar-refractivity contribution < 1.29 is 38.4 Å². The molecular weight excluding hydrogens is 605 g/mol. The number of benzene rings is 3. The Morgan fingerprint density at radius 2 is 1.87 bits per heavy atom. The first-order valence-electron chi connectivity index (χ1n) is 12.9. The summed E-state index contributed by atoms with van der Waals surface area (Å²) < 4.78 is 2.29. The number of fused-ring (bicyclic) bond motifs is 1. The lowest BCUT2D eigenvalue weighted by Crippen LogP contribution is -3.00. The van der Waals surface area contributed by atoms with E-state index in [1.54, 1.807) is 0 Å². The fraction of sp³-hybridized carbons (Fsp3) is 0.226. The molecule has 0 amide bonds. The van der Waals surface area contributed by atoms with Crippen LogP contribution in [0.4, 0.5) is 11.5 Å². The van der Waals surface area contributed by atoms with Crippen LogP contribution in [0, 0.1) is 0 Å². The van der Waals surface area contributed by atoms with Crippen molar-refractivity contribution in [2.45, 2.75) is 30.6 Å². The molecule has 2 aliphatic heterocycles. The SMILES string of the molecule is CN(CCCC(=O)O)c1cc(C=C2Sc3cccc4c3N2CCC4)c2ccccc2[n+]1-c1ccccc1.[I-]. The minimum atomic E-state index is -0.757. The van der Waals surface area contributed by atoms with Gasteiger partial charge < -0.3 is 34.0 Å². The number of hydrogen-bond donors (Lipinski definition) is 1. The molecule has 3 aromatic carbocycles. The third-order valence-electron chi connectivity index (χ3n) is 7.20. The highest BCUT2D eigenvalue weighted by Crippen LogP contribution is 2.50. The fourth-order valence-corrected chi connectivity index (χ4v) is 6.66. The Morgan fingerprint density at radius 1 is 1.08 bits per heavy atom. The monoisotopic (exact) mass is 635 g/mol. The zero-order valence-electron chi connectivity index (χ0n) is 21.3. The van der Waals surface area contributed by atoms with Crippen LogP contribution < -0.4 is 38.3 Å². The Labute approximate surface area is 244 Å². The number of rotatable bonds is 7. The summed E-state index contributed by atoms with van der Waals surface area (Å²) in [7, 11) is 2.05. The van der Waals surface area contributed by atoms with E-state index in [1.165, 1.54) is 32.1 Å². The van der Waals surface area contributed by atoms with Crippen molar-refractivity contribution >= 4 is 46.2 Å². The number of carboxylic acids is 1. The summed E-state index contributed by atoms with van der Waals surface area (Å²) >= 11 is 1.86. The van der Waals surface area contributed by atoms with Gasteiger partial charge in [0.25, 0.3) is 5.82 Å². The van der Waals surface area contributed by atoms with Gasteiger partial charge in [-0.25, -0.2) is 0 Å². The summed E-state index contributed by atoms with van der Waals surface area (Å²) in [6, 6.07) is 27.9. The topological polar surface area (TPSA) is 47.7 Å². The number of pyridine rings is 1. The summed E-state index contributed by atoms with van der Waals surface area (Å²) in [5, 5.41) is 11.6. The summed E-state index contributed by atoms with van der Waals surface area (Å²) in [6.07, 6.45) is 5.39. The summed E-state index contributed by atoms with van der Waals surface area (Å²) in [4.78, 5) is 17.2. The number of nitrogens with zero attached hydrogens (tertiary/aromatic N) is 3. The largest absolute Gasteiger partial charge is 1.00 e. The third kappa shape index (κ3) is 5.01. The molecule has 0 fully saturated rings. The van der Waals surface area contributed by atoms with Crippen LogP contribution in [0.3, 0.4) is 0 Å². The Kier molecular flexibility index (Phi) is 7.95. The summed E-state index contributed by atoms with van der Waals surface area (Å²) in [6.45, 7) is 1.70. The molecule has 0 saturated heterocycles. The van der Waals surface area contributed by atoms with E-state index in [9.17, 15) is 9.90 Å². The second-order valence-corrected chi connectivity index (χ2v) is 10.7. The van der Waals surface area contributed by atoms with Crippen molar-refractivity contribution in [2.24, 2.45) is 0 Å². The predicted molar refractivity (Wildman–Crippen MR) is 152 cm³/mol. The number of halogens is 1. The van der Waals surface area contributed by atoms with Crippen LogP contribution in [0.25, 0.3) is 22.7 Å². The lowest BCUT2D eigenvalue weighted by atomic mass is 10.0. The van der Waals surface area contributed by atoms with Crippen molar-refractivity contribution in [3.63, 3.8) is 0 Å². The van der Waals surface area contributed by atoms with Gasteiger partial charge in [0.2, 0.25) is 0 Å². The molecule has 4 aromatic rings. The quantitative estimate of drug-likeness (QED) is 0.250. The van der Waals surface area contributed by atoms with Crippen molar-refractivity contribution in [1.29, 1.82) is 0 Å². The number of aryl methyl sites for hydroxylation is 1. The van der Waals surface area contributed by atoms with E-state index in [0.29, 0.717) is 13.0 Å². The maximum absolute atomic E-state index is 11.2. The molecule has 0 unspecified atom stereocenters. The maximum atomic E-state index is 11.2. The van der Waals surface area contributed by atoms with Crippen LogP contribution in [0.2, 0.25) is 0 Å². The van der Waals surface area contributed by atoms with Gasteiger partial charge in [-0.2, -0.15) is 4.57 Å². The fourth-order valence-electron chi connectivity index (χ4n) is 5.47. The molecule has 6 rings (SSSR count). The minimum Gasteiger partial charge on any atom is -1.00 e. The number of carboxylic acid groups (broad SMARTS) is 1. The Hall–Kier alpha value is -3.04. The van der Waals surface area contributed by atoms with E-state index in [-0.39, 0.29) is 30.4 Å². The molecule has 0 saturated carbocycles. The van der Waals surface area contributed by atoms with Crippen LogP contribution in [0.1, 0.15) is 30.4 Å². The average Bonchev–Trinajstić information content (AvgIpc) is 3.27. The molecule has 0 radical (unpaired) electrons. The molecule has 7 heteroatoms. The van der Waals surface area contributed by atoms with Gasteiger partial charge in [0, 0.05) is 29.3 Å². The van der Waals surface area contributed by atoms with Gasteiger partial charge in [-0.05, 0) is 60.7 Å². The summed E-state index contributed by atoms with van der Waals surface area (Å²) in [5.41, 5.74) is 6.21. The molecule has 38 heavy (non-hydrogen) atoms. The number of aliphatic carboxylic acids is 1. The Balaban J connectivity index is 0.00000294. The van der Waals surface area contributed by atoms with Gasteiger partial charge in [-0.1, -0.05) is 60.3 Å². The van der Waals surface area contributed by atoms with Crippen molar-refractivity contribution in [3.05, 3.63) is 95.0 Å². The third-order valence-corrected chi connectivity index (χ3v) is 8.30. The van der Waals surface area contributed by atoms with Gasteiger partial charge >= 0.3 is 5.97 Å². The zero-order valence-corrected chi connectivity index (χ0v) is 24.3. The first-order valence-corrected chi connectivity index (χ1v) is 13.7. The molecule has 0 bridgehead atoms. The van der Waals surface area contributed by atoms with E-state index in [2.05, 4.69) is 100 Å². The maximum Gasteiger partial charge on any atom is 0.303 e. The van der Waals surface area contributed by atoms with Crippen LogP contribution in [-0.2, 0) is 11.2 Å². The van der Waals surface area contributed by atoms with Crippen molar-refractivity contribution in [2.75, 3.05) is 29.9 Å². The molecule has 1 aromatic heterocycles. The molecule has 194 valence electrons. The summed E-state index contributed by atoms with van der Waals surface area (Å²) in [5.74, 6) is 0.286. The molecule has 0 spiro atoms. The lowest BCUT2D eigenvalue weighted by Gasteiger charge is -2.27.